The molecule has 0 spiro atoms. The van der Waals surface area contributed by atoms with E-state index in [2.05, 4.69) is 20.5 Å². The summed E-state index contributed by atoms with van der Waals surface area (Å²) in [7, 11) is 0. The van der Waals surface area contributed by atoms with Gasteiger partial charge in [-0.3, -0.25) is 4.79 Å². The minimum Gasteiger partial charge on any atom is -0.472 e. The highest BCUT2D eigenvalue weighted by atomic mass is 16.5. The predicted molar refractivity (Wildman–Crippen MR) is 80.9 cm³/mol. The summed E-state index contributed by atoms with van der Waals surface area (Å²) in [4.78, 5) is 18.3. The minimum atomic E-state index is 0.00261. The molecule has 0 radical (unpaired) electrons. The highest BCUT2D eigenvalue weighted by molar-refractivity contribution is 5.93. The van der Waals surface area contributed by atoms with E-state index < -0.39 is 0 Å². The molecule has 4 rings (SSSR count). The number of rotatable bonds is 3. The second-order valence-electron chi connectivity index (χ2n) is 5.77. The first-order valence-corrected chi connectivity index (χ1v) is 7.74. The third kappa shape index (κ3) is 2.68. The quantitative estimate of drug-likeness (QED) is 0.721. The molecular weight excluding hydrogens is 312 g/mol. The second-order valence-corrected chi connectivity index (χ2v) is 5.77. The average molecular weight is 328 g/mol. The van der Waals surface area contributed by atoms with Crippen molar-refractivity contribution in [2.75, 3.05) is 13.1 Å². The zero-order chi connectivity index (χ0) is 16.5. The van der Waals surface area contributed by atoms with Gasteiger partial charge >= 0.3 is 0 Å². The number of aryl methyl sites for hydroxylation is 1. The van der Waals surface area contributed by atoms with E-state index in [0.29, 0.717) is 36.1 Å². The maximum absolute atomic E-state index is 12.3. The Morgan fingerprint density at radius 1 is 1.33 bits per heavy atom. The first-order valence-electron chi connectivity index (χ1n) is 7.74. The summed E-state index contributed by atoms with van der Waals surface area (Å²) in [6.07, 6.45) is 6.43. The van der Waals surface area contributed by atoms with Gasteiger partial charge in [0.1, 0.15) is 6.26 Å². The lowest BCUT2D eigenvalue weighted by atomic mass is 10.0. The second kappa shape index (κ2) is 5.91. The fourth-order valence-electron chi connectivity index (χ4n) is 2.86. The van der Waals surface area contributed by atoms with Gasteiger partial charge in [-0.15, -0.1) is 5.10 Å². The number of carbonyl (C=O) groups is 1. The Kier molecular flexibility index (Phi) is 3.60. The first kappa shape index (κ1) is 14.6. The van der Waals surface area contributed by atoms with Gasteiger partial charge in [-0.25, -0.2) is 4.68 Å². The minimum absolute atomic E-state index is 0.00261. The summed E-state index contributed by atoms with van der Waals surface area (Å²) in [6.45, 7) is 3.09. The predicted octanol–water partition coefficient (Wildman–Crippen LogP) is 1.71. The maximum Gasteiger partial charge on any atom is 0.280 e. The van der Waals surface area contributed by atoms with Gasteiger partial charge in [0.15, 0.2) is 11.5 Å². The van der Waals surface area contributed by atoms with Crippen LogP contribution in [0.25, 0.3) is 11.6 Å². The van der Waals surface area contributed by atoms with Crippen LogP contribution < -0.4 is 0 Å². The van der Waals surface area contributed by atoms with E-state index >= 15 is 0 Å². The number of piperidine rings is 1. The van der Waals surface area contributed by atoms with Crippen molar-refractivity contribution in [2.45, 2.75) is 25.8 Å². The molecule has 124 valence electrons. The van der Waals surface area contributed by atoms with Crippen molar-refractivity contribution in [1.29, 1.82) is 0 Å². The monoisotopic (exact) mass is 328 g/mol. The van der Waals surface area contributed by atoms with Crippen LogP contribution in [0.5, 0.6) is 0 Å². The highest BCUT2D eigenvalue weighted by Crippen LogP contribution is 2.24. The topological polar surface area (TPSA) is 103 Å². The van der Waals surface area contributed by atoms with Crippen molar-refractivity contribution in [2.24, 2.45) is 0 Å². The number of amides is 1. The van der Waals surface area contributed by atoms with Crippen molar-refractivity contribution >= 4 is 5.91 Å². The van der Waals surface area contributed by atoms with Crippen LogP contribution in [0, 0.1) is 6.92 Å². The van der Waals surface area contributed by atoms with Crippen LogP contribution in [0.3, 0.4) is 0 Å². The lowest BCUT2D eigenvalue weighted by Gasteiger charge is -2.31. The molecule has 0 atom stereocenters. The third-order valence-electron chi connectivity index (χ3n) is 4.15. The summed E-state index contributed by atoms with van der Waals surface area (Å²) in [5.74, 6) is 0.930. The van der Waals surface area contributed by atoms with Gasteiger partial charge in [0, 0.05) is 13.1 Å². The van der Waals surface area contributed by atoms with E-state index in [1.807, 2.05) is 15.8 Å². The van der Waals surface area contributed by atoms with Gasteiger partial charge in [0.05, 0.1) is 24.1 Å². The number of nitrogens with zero attached hydrogens (tertiary/aromatic N) is 6. The number of aromatic nitrogens is 5. The van der Waals surface area contributed by atoms with Gasteiger partial charge in [-0.05, 0) is 25.8 Å². The summed E-state index contributed by atoms with van der Waals surface area (Å²) in [5.41, 5.74) is 1.15. The van der Waals surface area contributed by atoms with Crippen LogP contribution in [0.4, 0.5) is 0 Å². The van der Waals surface area contributed by atoms with Crippen LogP contribution in [0.2, 0.25) is 0 Å². The fraction of sp³-hybridized carbons (Fsp3) is 0.400. The molecule has 1 saturated heterocycles. The smallest absolute Gasteiger partial charge is 0.280 e. The maximum atomic E-state index is 12.3. The SMILES string of the molecule is Cc1noc(-c2cn(C3CCN(C(=O)c4ccoc4)CC3)nn2)n1. The van der Waals surface area contributed by atoms with Crippen molar-refractivity contribution in [3.63, 3.8) is 0 Å². The Labute approximate surface area is 137 Å². The number of hydrogen-bond acceptors (Lipinski definition) is 7. The van der Waals surface area contributed by atoms with Crippen LogP contribution >= 0.6 is 0 Å². The van der Waals surface area contributed by atoms with Crippen molar-refractivity contribution in [3.05, 3.63) is 36.2 Å². The lowest BCUT2D eigenvalue weighted by molar-refractivity contribution is 0.0688. The molecule has 9 nitrogen and oxygen atoms in total. The highest BCUT2D eigenvalue weighted by Gasteiger charge is 2.26. The molecule has 0 saturated carbocycles. The Bertz CT molecular complexity index is 829. The van der Waals surface area contributed by atoms with E-state index in [4.69, 9.17) is 8.94 Å². The molecular formula is C15H16N6O3. The zero-order valence-corrected chi connectivity index (χ0v) is 13.1. The molecule has 0 N–H and O–H groups in total. The van der Waals surface area contributed by atoms with E-state index in [1.54, 1.807) is 13.0 Å². The van der Waals surface area contributed by atoms with Crippen molar-refractivity contribution in [1.82, 2.24) is 30.0 Å². The Hall–Kier alpha value is -2.97. The molecule has 9 heteroatoms. The van der Waals surface area contributed by atoms with Gasteiger partial charge < -0.3 is 13.8 Å². The largest absolute Gasteiger partial charge is 0.472 e. The van der Waals surface area contributed by atoms with Crippen LogP contribution in [0.15, 0.2) is 33.7 Å². The Morgan fingerprint density at radius 3 is 2.83 bits per heavy atom. The molecule has 0 unspecified atom stereocenters. The Balaban J connectivity index is 1.41. The van der Waals surface area contributed by atoms with Crippen LogP contribution in [0.1, 0.15) is 35.1 Å². The average Bonchev–Trinajstić information content (AvgIpc) is 3.35. The van der Waals surface area contributed by atoms with Gasteiger partial charge in [-0.2, -0.15) is 4.98 Å². The molecule has 1 aliphatic heterocycles. The normalized spacial score (nSPS) is 15.8. The zero-order valence-electron chi connectivity index (χ0n) is 13.1. The molecule has 4 heterocycles. The fourth-order valence-corrected chi connectivity index (χ4v) is 2.86. The van der Waals surface area contributed by atoms with Gasteiger partial charge in [0.25, 0.3) is 11.8 Å². The van der Waals surface area contributed by atoms with Gasteiger partial charge in [-0.1, -0.05) is 10.4 Å². The van der Waals surface area contributed by atoms with Gasteiger partial charge in [0.2, 0.25) is 0 Å². The summed E-state index contributed by atoms with van der Waals surface area (Å²) in [6, 6.07) is 1.88. The molecule has 0 aromatic carbocycles. The Morgan fingerprint density at radius 2 is 2.17 bits per heavy atom. The van der Waals surface area contributed by atoms with Crippen molar-refractivity contribution in [3.8, 4) is 11.6 Å². The van der Waals surface area contributed by atoms with E-state index in [1.165, 1.54) is 12.5 Å². The number of carbonyl (C=O) groups excluding carboxylic acids is 1. The number of likely N-dealkylation sites (tertiary alicyclic amines) is 1. The number of hydrogen-bond donors (Lipinski definition) is 0. The summed E-state index contributed by atoms with van der Waals surface area (Å²) in [5, 5.41) is 12.0. The molecule has 24 heavy (non-hydrogen) atoms. The lowest BCUT2D eigenvalue weighted by Crippen LogP contribution is -2.39. The van der Waals surface area contributed by atoms with E-state index in [-0.39, 0.29) is 11.9 Å². The molecule has 1 aliphatic rings. The molecule has 1 amide bonds. The molecule has 3 aromatic heterocycles. The van der Waals surface area contributed by atoms with Crippen molar-refractivity contribution < 1.29 is 13.7 Å². The molecule has 0 aliphatic carbocycles. The summed E-state index contributed by atoms with van der Waals surface area (Å²) < 4.78 is 11.9. The number of furan rings is 1. The third-order valence-corrected chi connectivity index (χ3v) is 4.15. The molecule has 3 aromatic rings. The van der Waals surface area contributed by atoms with Crippen LogP contribution in [-0.4, -0.2) is 49.0 Å². The van der Waals surface area contributed by atoms with E-state index in [9.17, 15) is 4.79 Å². The van der Waals surface area contributed by atoms with Crippen LogP contribution in [-0.2, 0) is 0 Å². The standard InChI is InChI=1S/C15H16N6O3/c1-10-16-14(24-18-10)13-8-21(19-17-13)12-2-5-20(6-3-12)15(22)11-4-7-23-9-11/h4,7-9,12H,2-3,5-6H2,1H3. The van der Waals surface area contributed by atoms with E-state index in [0.717, 1.165) is 12.8 Å². The first-order chi connectivity index (χ1) is 11.7. The summed E-state index contributed by atoms with van der Waals surface area (Å²) >= 11 is 0. The molecule has 0 bridgehead atoms. The molecule has 1 fully saturated rings.